The average Bonchev–Trinajstić information content (AvgIpc) is 2.53. The van der Waals surface area contributed by atoms with E-state index in [1.807, 2.05) is 12.1 Å². The van der Waals surface area contributed by atoms with E-state index >= 15 is 0 Å². The lowest BCUT2D eigenvalue weighted by atomic mass is 10.1. The first-order valence-corrected chi connectivity index (χ1v) is 7.48. The van der Waals surface area contributed by atoms with Crippen molar-refractivity contribution in [2.45, 2.75) is 6.54 Å². The van der Waals surface area contributed by atoms with Gasteiger partial charge in [0.1, 0.15) is 12.0 Å². The molecule has 0 fully saturated rings. The van der Waals surface area contributed by atoms with Crippen molar-refractivity contribution < 1.29 is 4.92 Å². The summed E-state index contributed by atoms with van der Waals surface area (Å²) in [5.74, 6) is 0.511. The van der Waals surface area contributed by atoms with Gasteiger partial charge in [0, 0.05) is 35.8 Å². The number of fused-ring (bicyclic) bond motifs is 1. The maximum atomic E-state index is 11.7. The molecule has 0 aliphatic heterocycles. The summed E-state index contributed by atoms with van der Waals surface area (Å²) in [5, 5.41) is 14.4. The fourth-order valence-electron chi connectivity index (χ4n) is 2.18. The van der Waals surface area contributed by atoms with Crippen molar-refractivity contribution in [2.24, 2.45) is 0 Å². The van der Waals surface area contributed by atoms with Gasteiger partial charge in [0.05, 0.1) is 9.40 Å². The molecule has 3 rings (SSSR count). The first-order valence-electron chi connectivity index (χ1n) is 6.69. The number of halogens is 1. The Kier molecular flexibility index (Phi) is 4.07. The first-order chi connectivity index (χ1) is 11.0. The summed E-state index contributed by atoms with van der Waals surface area (Å²) in [6, 6.07) is 8.38. The van der Waals surface area contributed by atoms with Crippen LogP contribution in [-0.2, 0) is 6.54 Å². The predicted molar refractivity (Wildman–Crippen MR) is 90.5 cm³/mol. The number of rotatable bonds is 4. The van der Waals surface area contributed by atoms with Gasteiger partial charge in [-0.15, -0.1) is 0 Å². The number of nitrogens with one attached hydrogen (secondary N) is 2. The number of pyridine rings is 2. The van der Waals surface area contributed by atoms with Crippen LogP contribution in [0.5, 0.6) is 0 Å². The summed E-state index contributed by atoms with van der Waals surface area (Å²) in [6.07, 6.45) is 2.81. The Morgan fingerprint density at radius 1 is 1.30 bits per heavy atom. The largest absolute Gasteiger partial charge is 0.365 e. The summed E-state index contributed by atoms with van der Waals surface area (Å²) >= 11 is 3.26. The lowest BCUT2D eigenvalue weighted by Gasteiger charge is -2.08. The van der Waals surface area contributed by atoms with E-state index in [4.69, 9.17) is 0 Å². The molecule has 0 aliphatic rings. The average molecular weight is 375 g/mol. The summed E-state index contributed by atoms with van der Waals surface area (Å²) in [4.78, 5) is 29.0. The van der Waals surface area contributed by atoms with Gasteiger partial charge >= 0.3 is 0 Å². The third-order valence-corrected chi connectivity index (χ3v) is 3.92. The van der Waals surface area contributed by atoms with Crippen LogP contribution in [0.4, 0.5) is 11.5 Å². The number of hydrogen-bond acceptors (Lipinski definition) is 5. The molecule has 116 valence electrons. The van der Waals surface area contributed by atoms with Gasteiger partial charge in [-0.25, -0.2) is 4.98 Å². The van der Waals surface area contributed by atoms with Gasteiger partial charge in [-0.1, -0.05) is 6.07 Å². The Morgan fingerprint density at radius 3 is 2.87 bits per heavy atom. The molecule has 3 aromatic rings. The molecule has 0 saturated carbocycles. The van der Waals surface area contributed by atoms with E-state index in [2.05, 4.69) is 31.2 Å². The quantitative estimate of drug-likeness (QED) is 0.539. The molecule has 0 aliphatic carbocycles. The normalized spacial score (nSPS) is 10.7. The van der Waals surface area contributed by atoms with Crippen molar-refractivity contribution in [3.8, 4) is 0 Å². The molecule has 0 amide bonds. The van der Waals surface area contributed by atoms with Gasteiger partial charge in [0.25, 0.3) is 5.69 Å². The van der Waals surface area contributed by atoms with Crippen LogP contribution in [0.25, 0.3) is 10.9 Å². The van der Waals surface area contributed by atoms with E-state index in [9.17, 15) is 14.9 Å². The third kappa shape index (κ3) is 3.21. The molecule has 7 nitrogen and oxygen atoms in total. The second-order valence-electron chi connectivity index (χ2n) is 4.86. The standard InChI is InChI=1S/C15H11BrN4O3/c16-12-6-10(20(22)23)8-19-15(12)18-7-9-1-2-11-13(5-9)17-4-3-14(11)21/h1-6,8H,7H2,(H,17,21)(H,18,19). The van der Waals surface area contributed by atoms with Crippen LogP contribution in [0.15, 0.2) is 52.0 Å². The van der Waals surface area contributed by atoms with Crippen molar-refractivity contribution in [3.63, 3.8) is 0 Å². The van der Waals surface area contributed by atoms with Crippen molar-refractivity contribution in [1.82, 2.24) is 9.97 Å². The minimum Gasteiger partial charge on any atom is -0.365 e. The summed E-state index contributed by atoms with van der Waals surface area (Å²) in [6.45, 7) is 0.469. The van der Waals surface area contributed by atoms with Crippen LogP contribution in [0.3, 0.4) is 0 Å². The van der Waals surface area contributed by atoms with E-state index in [0.29, 0.717) is 22.2 Å². The predicted octanol–water partition coefficient (Wildman–Crippen LogP) is 3.21. The molecule has 8 heteroatoms. The topological polar surface area (TPSA) is 101 Å². The number of anilines is 1. The molecule has 23 heavy (non-hydrogen) atoms. The highest BCUT2D eigenvalue weighted by atomic mass is 79.9. The van der Waals surface area contributed by atoms with E-state index in [-0.39, 0.29) is 11.1 Å². The van der Waals surface area contributed by atoms with Crippen molar-refractivity contribution >= 4 is 38.3 Å². The van der Waals surface area contributed by atoms with Crippen LogP contribution >= 0.6 is 15.9 Å². The van der Waals surface area contributed by atoms with Gasteiger partial charge in [-0.3, -0.25) is 14.9 Å². The smallest absolute Gasteiger partial charge is 0.288 e. The van der Waals surface area contributed by atoms with Gasteiger partial charge in [0.2, 0.25) is 0 Å². The molecule has 2 aromatic heterocycles. The Balaban J connectivity index is 1.81. The van der Waals surface area contributed by atoms with Crippen LogP contribution < -0.4 is 10.7 Å². The maximum Gasteiger partial charge on any atom is 0.288 e. The minimum absolute atomic E-state index is 0.0296. The van der Waals surface area contributed by atoms with Gasteiger partial charge in [-0.05, 0) is 33.6 Å². The van der Waals surface area contributed by atoms with Crippen LogP contribution in [-0.4, -0.2) is 14.9 Å². The number of nitro groups is 1. The van der Waals surface area contributed by atoms with Gasteiger partial charge in [-0.2, -0.15) is 0 Å². The zero-order valence-corrected chi connectivity index (χ0v) is 13.3. The SMILES string of the molecule is O=c1cc[nH]c2cc(CNc3ncc([N+](=O)[O-])cc3Br)ccc12. The van der Waals surface area contributed by atoms with Gasteiger partial charge < -0.3 is 10.3 Å². The Labute approximate surface area is 138 Å². The molecule has 0 unspecified atom stereocenters. The lowest BCUT2D eigenvalue weighted by Crippen LogP contribution is -2.04. The zero-order valence-electron chi connectivity index (χ0n) is 11.7. The molecule has 0 radical (unpaired) electrons. The highest BCUT2D eigenvalue weighted by Crippen LogP contribution is 2.25. The number of nitrogens with zero attached hydrogens (tertiary/aromatic N) is 2. The van der Waals surface area contributed by atoms with E-state index in [1.54, 1.807) is 12.3 Å². The molecule has 0 saturated heterocycles. The molecule has 1 aromatic carbocycles. The second kappa shape index (κ2) is 6.17. The van der Waals surface area contributed by atoms with Crippen LogP contribution in [0.1, 0.15) is 5.56 Å². The molecular formula is C15H11BrN4O3. The maximum absolute atomic E-state index is 11.7. The zero-order chi connectivity index (χ0) is 16.4. The van der Waals surface area contributed by atoms with Crippen LogP contribution in [0, 0.1) is 10.1 Å². The minimum atomic E-state index is -0.499. The first kappa shape index (κ1) is 15.2. The summed E-state index contributed by atoms with van der Waals surface area (Å²) in [7, 11) is 0. The van der Waals surface area contributed by atoms with Crippen molar-refractivity contribution in [2.75, 3.05) is 5.32 Å². The van der Waals surface area contributed by atoms with E-state index in [1.165, 1.54) is 18.3 Å². The fourth-order valence-corrected chi connectivity index (χ4v) is 2.65. The number of benzene rings is 1. The highest BCUT2D eigenvalue weighted by Gasteiger charge is 2.10. The molecule has 0 atom stereocenters. The lowest BCUT2D eigenvalue weighted by molar-refractivity contribution is -0.385. The Bertz CT molecular complexity index is 955. The number of hydrogen-bond donors (Lipinski definition) is 2. The molecular weight excluding hydrogens is 364 g/mol. The third-order valence-electron chi connectivity index (χ3n) is 3.32. The Morgan fingerprint density at radius 2 is 2.13 bits per heavy atom. The molecule has 0 spiro atoms. The monoisotopic (exact) mass is 374 g/mol. The molecule has 0 bridgehead atoms. The molecule has 2 heterocycles. The number of H-pyrrole nitrogens is 1. The van der Waals surface area contributed by atoms with Gasteiger partial charge in [0.15, 0.2) is 5.43 Å². The summed E-state index contributed by atoms with van der Waals surface area (Å²) in [5.41, 5.74) is 1.60. The number of aromatic nitrogens is 2. The van der Waals surface area contributed by atoms with Crippen molar-refractivity contribution in [1.29, 1.82) is 0 Å². The van der Waals surface area contributed by atoms with Crippen molar-refractivity contribution in [3.05, 3.63) is 73.1 Å². The number of aromatic amines is 1. The van der Waals surface area contributed by atoms with E-state index in [0.717, 1.165) is 11.1 Å². The Hall–Kier alpha value is -2.74. The second-order valence-corrected chi connectivity index (χ2v) is 5.71. The van der Waals surface area contributed by atoms with E-state index < -0.39 is 4.92 Å². The highest BCUT2D eigenvalue weighted by molar-refractivity contribution is 9.10. The van der Waals surface area contributed by atoms with Crippen LogP contribution in [0.2, 0.25) is 0 Å². The molecule has 2 N–H and O–H groups in total. The summed E-state index contributed by atoms with van der Waals surface area (Å²) < 4.78 is 0.515. The fraction of sp³-hybridized carbons (Fsp3) is 0.0667.